The molecule has 1 saturated carbocycles. The molecule has 1 aromatic heterocycles. The number of likely N-dealkylation sites (N-methyl/N-ethyl adjacent to an activating group) is 1. The maximum absolute atomic E-state index is 12.6. The maximum atomic E-state index is 12.6. The average molecular weight is 408 g/mol. The molecule has 1 fully saturated rings. The first kappa shape index (κ1) is 22.5. The Morgan fingerprint density at radius 3 is 2.64 bits per heavy atom. The fourth-order valence-corrected chi connectivity index (χ4v) is 4.36. The van der Waals surface area contributed by atoms with Crippen molar-refractivity contribution < 1.29 is 9.59 Å². The van der Waals surface area contributed by atoms with Crippen LogP contribution in [0.5, 0.6) is 0 Å². The summed E-state index contributed by atoms with van der Waals surface area (Å²) in [5.74, 6) is 1.49. The molecule has 0 saturated heterocycles. The summed E-state index contributed by atoms with van der Waals surface area (Å²) in [5.41, 5.74) is 0. The lowest BCUT2D eigenvalue weighted by molar-refractivity contribution is -0.134. The molecule has 0 atom stereocenters. The lowest BCUT2D eigenvalue weighted by Gasteiger charge is -2.22. The highest BCUT2D eigenvalue weighted by Gasteiger charge is 2.24. The van der Waals surface area contributed by atoms with Crippen molar-refractivity contribution in [1.82, 2.24) is 25.0 Å². The zero-order valence-corrected chi connectivity index (χ0v) is 18.1. The molecule has 0 aromatic carbocycles. The van der Waals surface area contributed by atoms with Gasteiger partial charge in [0.05, 0.1) is 12.3 Å². The van der Waals surface area contributed by atoms with Gasteiger partial charge in [-0.25, -0.2) is 0 Å². The van der Waals surface area contributed by atoms with Gasteiger partial charge in [0.2, 0.25) is 11.8 Å². The molecule has 1 N–H and O–H groups in total. The van der Waals surface area contributed by atoms with Gasteiger partial charge in [-0.3, -0.25) is 9.59 Å². The number of nitrogens with one attached hydrogen (secondary N) is 1. The summed E-state index contributed by atoms with van der Waals surface area (Å²) in [7, 11) is 0. The van der Waals surface area contributed by atoms with Crippen molar-refractivity contribution in [2.45, 2.75) is 76.5 Å². The van der Waals surface area contributed by atoms with E-state index in [2.05, 4.69) is 26.7 Å². The molecule has 7 nitrogen and oxygen atoms in total. The van der Waals surface area contributed by atoms with Crippen LogP contribution in [0.3, 0.4) is 0 Å². The van der Waals surface area contributed by atoms with Crippen LogP contribution in [0.15, 0.2) is 17.8 Å². The van der Waals surface area contributed by atoms with Crippen LogP contribution in [-0.2, 0) is 16.1 Å². The van der Waals surface area contributed by atoms with Crippen molar-refractivity contribution in [3.05, 3.63) is 18.5 Å². The number of allylic oxidation sites excluding steroid dienone is 1. The first-order valence-electron chi connectivity index (χ1n) is 10.2. The first-order chi connectivity index (χ1) is 13.5. The van der Waals surface area contributed by atoms with Gasteiger partial charge in [-0.15, -0.1) is 16.8 Å². The van der Waals surface area contributed by atoms with Gasteiger partial charge in [0.25, 0.3) is 0 Å². The molecule has 0 bridgehead atoms. The van der Waals surface area contributed by atoms with E-state index in [0.717, 1.165) is 23.8 Å². The summed E-state index contributed by atoms with van der Waals surface area (Å²) in [4.78, 5) is 26.1. The summed E-state index contributed by atoms with van der Waals surface area (Å²) in [6.07, 6.45) is 7.89. The summed E-state index contributed by atoms with van der Waals surface area (Å²) in [6, 6.07) is 0.0614. The summed E-state index contributed by atoms with van der Waals surface area (Å²) >= 11 is 1.38. The number of rotatable bonds is 10. The molecule has 1 aliphatic carbocycles. The van der Waals surface area contributed by atoms with Gasteiger partial charge in [-0.1, -0.05) is 37.1 Å². The van der Waals surface area contributed by atoms with Gasteiger partial charge in [0.15, 0.2) is 5.16 Å². The van der Waals surface area contributed by atoms with E-state index in [0.29, 0.717) is 19.0 Å². The van der Waals surface area contributed by atoms with Crippen LogP contribution in [-0.4, -0.2) is 56.4 Å². The molecule has 1 heterocycles. The predicted molar refractivity (Wildman–Crippen MR) is 112 cm³/mol. The Balaban J connectivity index is 2.00. The van der Waals surface area contributed by atoms with Gasteiger partial charge in [-0.2, -0.15) is 0 Å². The zero-order valence-electron chi connectivity index (χ0n) is 17.3. The SMILES string of the molecule is C=CCn1c(SCC(=O)N(CC)CC(=O)NC(C)C)nnc1C1CCCCC1. The molecule has 1 aromatic rings. The number of carbonyl (C=O) groups is 2. The Hall–Kier alpha value is -1.83. The number of hydrogen-bond donors (Lipinski definition) is 1. The van der Waals surface area contributed by atoms with Crippen LogP contribution >= 0.6 is 11.8 Å². The van der Waals surface area contributed by atoms with Gasteiger partial charge >= 0.3 is 0 Å². The molecule has 2 rings (SSSR count). The predicted octanol–water partition coefficient (Wildman–Crippen LogP) is 2.98. The van der Waals surface area contributed by atoms with Gasteiger partial charge in [0, 0.05) is 25.0 Å². The Morgan fingerprint density at radius 1 is 1.32 bits per heavy atom. The van der Waals surface area contributed by atoms with Crippen LogP contribution in [0.4, 0.5) is 0 Å². The smallest absolute Gasteiger partial charge is 0.239 e. The second-order valence-corrected chi connectivity index (χ2v) is 8.44. The third-order valence-corrected chi connectivity index (χ3v) is 5.82. The Kier molecular flexibility index (Phi) is 9.02. The van der Waals surface area contributed by atoms with Crippen molar-refractivity contribution in [2.75, 3.05) is 18.8 Å². The Morgan fingerprint density at radius 2 is 2.04 bits per heavy atom. The molecule has 0 unspecified atom stereocenters. The number of thioether (sulfide) groups is 1. The summed E-state index contributed by atoms with van der Waals surface area (Å²) in [5, 5.41) is 12.4. The van der Waals surface area contributed by atoms with E-state index in [-0.39, 0.29) is 30.2 Å². The van der Waals surface area contributed by atoms with E-state index in [4.69, 9.17) is 0 Å². The molecule has 0 radical (unpaired) electrons. The largest absolute Gasteiger partial charge is 0.352 e. The quantitative estimate of drug-likeness (QED) is 0.476. The molecule has 8 heteroatoms. The standard InChI is InChI=1S/C20H33N5O2S/c1-5-12-25-19(16-10-8-7-9-11-16)22-23-20(25)28-14-18(27)24(6-2)13-17(26)21-15(3)4/h5,15-16H,1,6-14H2,2-4H3,(H,21,26). The zero-order chi connectivity index (χ0) is 20.5. The fraction of sp³-hybridized carbons (Fsp3) is 0.700. The van der Waals surface area contributed by atoms with E-state index < -0.39 is 0 Å². The minimum absolute atomic E-state index is 0.0614. The van der Waals surface area contributed by atoms with Crippen LogP contribution in [0.1, 0.15) is 64.6 Å². The number of hydrogen-bond acceptors (Lipinski definition) is 5. The third kappa shape index (κ3) is 6.36. The summed E-state index contributed by atoms with van der Waals surface area (Å²) in [6.45, 7) is 10.8. The molecular formula is C20H33N5O2S. The fourth-order valence-electron chi connectivity index (χ4n) is 3.51. The topological polar surface area (TPSA) is 80.1 Å². The Labute approximate surface area is 172 Å². The molecular weight excluding hydrogens is 374 g/mol. The molecule has 0 aliphatic heterocycles. The van der Waals surface area contributed by atoms with E-state index in [1.54, 1.807) is 4.90 Å². The monoisotopic (exact) mass is 407 g/mol. The lowest BCUT2D eigenvalue weighted by Crippen LogP contribution is -2.43. The minimum Gasteiger partial charge on any atom is -0.352 e. The van der Waals surface area contributed by atoms with Crippen molar-refractivity contribution in [1.29, 1.82) is 0 Å². The molecule has 2 amide bonds. The highest BCUT2D eigenvalue weighted by Crippen LogP contribution is 2.33. The Bertz CT molecular complexity index is 668. The number of nitrogens with zero attached hydrogens (tertiary/aromatic N) is 4. The van der Waals surface area contributed by atoms with Crippen molar-refractivity contribution in [2.24, 2.45) is 0 Å². The highest BCUT2D eigenvalue weighted by molar-refractivity contribution is 7.99. The lowest BCUT2D eigenvalue weighted by atomic mass is 9.89. The second kappa shape index (κ2) is 11.2. The van der Waals surface area contributed by atoms with Gasteiger partial charge in [0.1, 0.15) is 5.82 Å². The highest BCUT2D eigenvalue weighted by atomic mass is 32.2. The number of carbonyl (C=O) groups excluding carboxylic acids is 2. The van der Waals surface area contributed by atoms with Crippen LogP contribution in [0.25, 0.3) is 0 Å². The number of aromatic nitrogens is 3. The van der Waals surface area contributed by atoms with Crippen LogP contribution < -0.4 is 5.32 Å². The average Bonchev–Trinajstić information content (AvgIpc) is 3.07. The first-order valence-corrected chi connectivity index (χ1v) is 11.2. The molecule has 0 spiro atoms. The van der Waals surface area contributed by atoms with Crippen molar-refractivity contribution in [3.8, 4) is 0 Å². The minimum atomic E-state index is -0.135. The van der Waals surface area contributed by atoms with E-state index >= 15 is 0 Å². The van der Waals surface area contributed by atoms with Gasteiger partial charge in [-0.05, 0) is 33.6 Å². The normalized spacial score (nSPS) is 14.9. The second-order valence-electron chi connectivity index (χ2n) is 7.49. The van der Waals surface area contributed by atoms with E-state index in [9.17, 15) is 9.59 Å². The molecule has 1 aliphatic rings. The van der Waals surface area contributed by atoms with Crippen molar-refractivity contribution >= 4 is 23.6 Å². The van der Waals surface area contributed by atoms with Crippen LogP contribution in [0, 0.1) is 0 Å². The molecule has 156 valence electrons. The van der Waals surface area contributed by atoms with Gasteiger partial charge < -0.3 is 14.8 Å². The van der Waals surface area contributed by atoms with Crippen molar-refractivity contribution in [3.63, 3.8) is 0 Å². The van der Waals surface area contributed by atoms with E-state index in [1.807, 2.05) is 26.8 Å². The maximum Gasteiger partial charge on any atom is 0.239 e. The molecule has 28 heavy (non-hydrogen) atoms. The summed E-state index contributed by atoms with van der Waals surface area (Å²) < 4.78 is 2.09. The van der Waals surface area contributed by atoms with Crippen LogP contribution in [0.2, 0.25) is 0 Å². The third-order valence-electron chi connectivity index (χ3n) is 4.87. The number of amides is 2. The van der Waals surface area contributed by atoms with E-state index in [1.165, 1.54) is 31.0 Å².